The summed E-state index contributed by atoms with van der Waals surface area (Å²) < 4.78 is 0. The van der Waals surface area contributed by atoms with E-state index in [1.807, 2.05) is 27.2 Å². The molecule has 0 N–H and O–H groups in total. The Morgan fingerprint density at radius 2 is 0.750 bits per heavy atom. The summed E-state index contributed by atoms with van der Waals surface area (Å²) in [5.41, 5.74) is 1.22. The van der Waals surface area contributed by atoms with Crippen molar-refractivity contribution in [3.63, 3.8) is 0 Å². The molecule has 0 aromatic rings. The Kier molecular flexibility index (Phi) is 59200. The molecule has 0 rings (SSSR count). The van der Waals surface area contributed by atoms with Gasteiger partial charge in [-0.15, -0.1) is 0 Å². The second-order valence-corrected chi connectivity index (χ2v) is 0.463. The molecule has 0 radical (unpaired) electrons. The van der Waals surface area contributed by atoms with Crippen molar-refractivity contribution in [1.82, 2.24) is 0 Å². The fourth-order valence-corrected chi connectivity index (χ4v) is 0. The SMILES string of the molecule is C=CCl.C=O.C=O.C=O.C=O.[Fe]. The van der Waals surface area contributed by atoms with Gasteiger partial charge in [0.05, 0.1) is 0 Å². The van der Waals surface area contributed by atoms with E-state index in [-0.39, 0.29) is 17.1 Å². The van der Waals surface area contributed by atoms with Gasteiger partial charge in [-0.05, 0) is 5.54 Å². The Morgan fingerprint density at radius 3 is 0.750 bits per heavy atom. The molecular weight excluding hydrogens is 227 g/mol. The van der Waals surface area contributed by atoms with E-state index < -0.39 is 0 Å². The molecule has 0 atom stereocenters. The first kappa shape index (κ1) is 43.0. The summed E-state index contributed by atoms with van der Waals surface area (Å²) in [6, 6.07) is 0. The first-order chi connectivity index (χ1) is 5.41. The molecule has 0 aliphatic rings. The van der Waals surface area contributed by atoms with Crippen LogP contribution in [0.1, 0.15) is 0 Å². The molecular formula is C6H11ClFeO4. The van der Waals surface area contributed by atoms with E-state index in [1.54, 1.807) is 0 Å². The average molecular weight is 238 g/mol. The largest absolute Gasteiger partial charge is 0.307 e. The van der Waals surface area contributed by atoms with Crippen molar-refractivity contribution < 1.29 is 36.2 Å². The number of rotatable bonds is 0. The maximum absolute atomic E-state index is 8.00. The van der Waals surface area contributed by atoms with Gasteiger partial charge in [0.25, 0.3) is 0 Å². The van der Waals surface area contributed by atoms with Crippen molar-refractivity contribution in [3.05, 3.63) is 12.1 Å². The van der Waals surface area contributed by atoms with Gasteiger partial charge < -0.3 is 19.2 Å². The molecule has 4 nitrogen and oxygen atoms in total. The molecule has 0 saturated carbocycles. The molecule has 0 amide bonds. The fourth-order valence-electron chi connectivity index (χ4n) is 0. The molecule has 6 heteroatoms. The second-order valence-electron chi connectivity index (χ2n) is 0.154. The summed E-state index contributed by atoms with van der Waals surface area (Å²) >= 11 is 4.76. The van der Waals surface area contributed by atoms with Gasteiger partial charge in [-0.3, -0.25) is 0 Å². The number of carbonyl (C=O) groups is 4. The fraction of sp³-hybridized carbons (Fsp3) is 0. The molecule has 0 aliphatic heterocycles. The van der Waals surface area contributed by atoms with E-state index in [9.17, 15) is 0 Å². The minimum atomic E-state index is 0. The zero-order chi connectivity index (χ0) is 10.7. The summed E-state index contributed by atoms with van der Waals surface area (Å²) in [6.07, 6.45) is 0. The molecule has 0 aromatic heterocycles. The zero-order valence-electron chi connectivity index (χ0n) is 6.48. The molecule has 0 heterocycles. The van der Waals surface area contributed by atoms with Crippen LogP contribution < -0.4 is 0 Å². The first-order valence-electron chi connectivity index (χ1n) is 1.78. The average Bonchev–Trinajstić information content (AvgIpc) is 2.18. The van der Waals surface area contributed by atoms with E-state index >= 15 is 0 Å². The van der Waals surface area contributed by atoms with Gasteiger partial charge in [-0.25, -0.2) is 0 Å². The van der Waals surface area contributed by atoms with Crippen LogP contribution in [-0.2, 0) is 36.2 Å². The van der Waals surface area contributed by atoms with Crippen molar-refractivity contribution in [2.75, 3.05) is 0 Å². The van der Waals surface area contributed by atoms with Gasteiger partial charge in [0, 0.05) is 17.1 Å². The van der Waals surface area contributed by atoms with Gasteiger partial charge in [0.2, 0.25) is 0 Å². The van der Waals surface area contributed by atoms with Crippen LogP contribution in [0.5, 0.6) is 0 Å². The molecule has 0 fully saturated rings. The number of hydrogen-bond donors (Lipinski definition) is 0. The Labute approximate surface area is 87.4 Å². The van der Waals surface area contributed by atoms with E-state index in [1.165, 1.54) is 5.54 Å². The Morgan fingerprint density at radius 1 is 0.750 bits per heavy atom. The van der Waals surface area contributed by atoms with Gasteiger partial charge in [0.1, 0.15) is 27.2 Å². The standard InChI is InChI=1S/C2H3Cl.4CH2O.Fe/c1-2-3;4*1-2;/h2H,1H2;4*1H2;. The van der Waals surface area contributed by atoms with Crippen LogP contribution in [0.25, 0.3) is 0 Å². The van der Waals surface area contributed by atoms with Crippen LogP contribution in [0.4, 0.5) is 0 Å². The predicted molar refractivity (Wildman–Crippen MR) is 44.5 cm³/mol. The number of hydrogen-bond acceptors (Lipinski definition) is 4. The number of halogens is 1. The Hall–Kier alpha value is -0.771. The molecule has 0 aliphatic carbocycles. The van der Waals surface area contributed by atoms with Gasteiger partial charge in [-0.2, -0.15) is 0 Å². The Bertz CT molecular complexity index is 48.8. The molecule has 0 spiro atoms. The monoisotopic (exact) mass is 238 g/mol. The van der Waals surface area contributed by atoms with Crippen molar-refractivity contribution in [3.8, 4) is 0 Å². The van der Waals surface area contributed by atoms with Gasteiger partial charge in [-0.1, -0.05) is 18.2 Å². The maximum atomic E-state index is 8.00. The summed E-state index contributed by atoms with van der Waals surface area (Å²) in [4.78, 5) is 32.0. The summed E-state index contributed by atoms with van der Waals surface area (Å²) in [7, 11) is 0. The summed E-state index contributed by atoms with van der Waals surface area (Å²) in [5.74, 6) is 0. The normalized spacial score (nSPS) is 2.42. The summed E-state index contributed by atoms with van der Waals surface area (Å²) in [6.45, 7) is 11.1. The van der Waals surface area contributed by atoms with Crippen molar-refractivity contribution in [1.29, 1.82) is 0 Å². The van der Waals surface area contributed by atoms with E-state index in [0.29, 0.717) is 0 Å². The van der Waals surface area contributed by atoms with Crippen LogP contribution in [0.15, 0.2) is 12.1 Å². The van der Waals surface area contributed by atoms with Crippen LogP contribution >= 0.6 is 11.6 Å². The van der Waals surface area contributed by atoms with Gasteiger partial charge >= 0.3 is 0 Å². The molecule has 0 saturated heterocycles. The second kappa shape index (κ2) is 16500. The van der Waals surface area contributed by atoms with Crippen LogP contribution in [0, 0.1) is 0 Å². The molecule has 12 heavy (non-hydrogen) atoms. The molecule has 0 aromatic carbocycles. The first-order valence-corrected chi connectivity index (χ1v) is 2.22. The Balaban J connectivity index is -0.00000000933. The number of carbonyl (C=O) groups excluding carboxylic acids is 4. The maximum Gasteiger partial charge on any atom is 0.106 e. The van der Waals surface area contributed by atoms with Crippen molar-refractivity contribution in [2.24, 2.45) is 0 Å². The molecule has 74 valence electrons. The summed E-state index contributed by atoms with van der Waals surface area (Å²) in [5, 5.41) is 0. The van der Waals surface area contributed by atoms with E-state index in [2.05, 4.69) is 6.58 Å². The van der Waals surface area contributed by atoms with Gasteiger partial charge in [0.15, 0.2) is 0 Å². The quantitative estimate of drug-likeness (QED) is 0.580. The van der Waals surface area contributed by atoms with Crippen LogP contribution in [0.2, 0.25) is 0 Å². The van der Waals surface area contributed by atoms with E-state index in [4.69, 9.17) is 30.8 Å². The third-order valence-electron chi connectivity index (χ3n) is 0. The zero-order valence-corrected chi connectivity index (χ0v) is 8.34. The van der Waals surface area contributed by atoms with Crippen LogP contribution in [-0.4, -0.2) is 27.2 Å². The third kappa shape index (κ3) is 1050. The minimum Gasteiger partial charge on any atom is -0.307 e. The minimum absolute atomic E-state index is 0. The van der Waals surface area contributed by atoms with Crippen molar-refractivity contribution >= 4 is 38.8 Å². The predicted octanol–water partition coefficient (Wildman–Crippen LogP) is 0.627. The molecule has 0 unspecified atom stereocenters. The van der Waals surface area contributed by atoms with Crippen molar-refractivity contribution in [2.45, 2.75) is 0 Å². The third-order valence-corrected chi connectivity index (χ3v) is 0. The molecule has 0 bridgehead atoms. The topological polar surface area (TPSA) is 68.3 Å². The van der Waals surface area contributed by atoms with E-state index in [0.717, 1.165) is 0 Å². The smallest absolute Gasteiger partial charge is 0.106 e. The van der Waals surface area contributed by atoms with Crippen LogP contribution in [0.3, 0.4) is 0 Å².